The molecule has 1 saturated carbocycles. The van der Waals surface area contributed by atoms with Crippen molar-refractivity contribution in [2.45, 2.75) is 26.7 Å². The maximum absolute atomic E-state index is 11.6. The minimum Gasteiger partial charge on any atom is -0.356 e. The number of hydrogen-bond donors (Lipinski definition) is 2. The smallest absolute Gasteiger partial charge is 0.223 e. The van der Waals surface area contributed by atoms with Crippen LogP contribution in [0.1, 0.15) is 26.7 Å². The number of hydrogen-bond acceptors (Lipinski definition) is 2. The molecule has 80 valence electrons. The van der Waals surface area contributed by atoms with Gasteiger partial charge in [0.25, 0.3) is 0 Å². The van der Waals surface area contributed by atoms with Gasteiger partial charge in [0.2, 0.25) is 5.91 Å². The first-order chi connectivity index (χ1) is 6.61. The number of carbonyl (C=O) groups is 1. The molecule has 1 spiro atoms. The molecule has 2 fully saturated rings. The first-order valence-corrected chi connectivity index (χ1v) is 5.60. The van der Waals surface area contributed by atoms with Gasteiger partial charge in [-0.1, -0.05) is 13.8 Å². The van der Waals surface area contributed by atoms with Crippen molar-refractivity contribution in [1.82, 2.24) is 10.6 Å². The van der Waals surface area contributed by atoms with Crippen molar-refractivity contribution in [2.24, 2.45) is 17.3 Å². The second-order valence-corrected chi connectivity index (χ2v) is 5.35. The molecule has 0 unspecified atom stereocenters. The molecule has 0 aromatic carbocycles. The van der Waals surface area contributed by atoms with Crippen LogP contribution in [0.15, 0.2) is 0 Å². The zero-order valence-corrected chi connectivity index (χ0v) is 9.10. The monoisotopic (exact) mass is 196 g/mol. The summed E-state index contributed by atoms with van der Waals surface area (Å²) in [6.45, 7) is 7.32. The van der Waals surface area contributed by atoms with Gasteiger partial charge >= 0.3 is 0 Å². The van der Waals surface area contributed by atoms with Crippen molar-refractivity contribution in [1.29, 1.82) is 0 Å². The molecule has 1 heterocycles. The molecule has 0 bridgehead atoms. The molecular formula is C11H20N2O. The average Bonchev–Trinajstić information content (AvgIpc) is 1.95. The van der Waals surface area contributed by atoms with Crippen LogP contribution in [0.5, 0.6) is 0 Å². The highest BCUT2D eigenvalue weighted by molar-refractivity contribution is 5.79. The largest absolute Gasteiger partial charge is 0.356 e. The Labute approximate surface area is 85.6 Å². The van der Waals surface area contributed by atoms with Gasteiger partial charge in [0.15, 0.2) is 0 Å². The van der Waals surface area contributed by atoms with Crippen LogP contribution in [-0.4, -0.2) is 25.5 Å². The fraction of sp³-hybridized carbons (Fsp3) is 0.909. The average molecular weight is 196 g/mol. The molecule has 3 nitrogen and oxygen atoms in total. The standard InChI is InChI=1S/C11H20N2O/c1-8(2)5-13-10(14)9-3-11(4-9)6-12-7-11/h8-9,12H,3-7H2,1-2H3,(H,13,14). The molecule has 0 aromatic rings. The van der Waals surface area contributed by atoms with Gasteiger partial charge in [-0.2, -0.15) is 0 Å². The summed E-state index contributed by atoms with van der Waals surface area (Å²) >= 11 is 0. The van der Waals surface area contributed by atoms with E-state index in [1.165, 1.54) is 0 Å². The first-order valence-electron chi connectivity index (χ1n) is 5.60. The number of nitrogens with one attached hydrogen (secondary N) is 2. The Morgan fingerprint density at radius 3 is 2.57 bits per heavy atom. The van der Waals surface area contributed by atoms with E-state index in [0.29, 0.717) is 17.3 Å². The quantitative estimate of drug-likeness (QED) is 0.699. The van der Waals surface area contributed by atoms with Gasteiger partial charge in [0.1, 0.15) is 0 Å². The molecule has 0 aromatic heterocycles. The summed E-state index contributed by atoms with van der Waals surface area (Å²) < 4.78 is 0. The summed E-state index contributed by atoms with van der Waals surface area (Å²) in [4.78, 5) is 11.6. The summed E-state index contributed by atoms with van der Waals surface area (Å²) in [5.74, 6) is 1.13. The highest BCUT2D eigenvalue weighted by Gasteiger charge is 2.50. The lowest BCUT2D eigenvalue weighted by Crippen LogP contribution is -2.62. The Bertz CT molecular complexity index is 225. The van der Waals surface area contributed by atoms with Crippen molar-refractivity contribution in [3.05, 3.63) is 0 Å². The van der Waals surface area contributed by atoms with E-state index in [9.17, 15) is 4.79 Å². The molecule has 2 rings (SSSR count). The Kier molecular flexibility index (Phi) is 2.52. The van der Waals surface area contributed by atoms with E-state index in [2.05, 4.69) is 24.5 Å². The zero-order chi connectivity index (χ0) is 10.2. The lowest BCUT2D eigenvalue weighted by atomic mass is 9.58. The molecular weight excluding hydrogens is 176 g/mol. The lowest BCUT2D eigenvalue weighted by Gasteiger charge is -2.53. The third-order valence-corrected chi connectivity index (χ3v) is 3.41. The summed E-state index contributed by atoms with van der Waals surface area (Å²) in [5, 5.41) is 6.29. The maximum Gasteiger partial charge on any atom is 0.223 e. The number of amides is 1. The molecule has 0 radical (unpaired) electrons. The van der Waals surface area contributed by atoms with Crippen molar-refractivity contribution in [2.75, 3.05) is 19.6 Å². The molecule has 2 N–H and O–H groups in total. The van der Waals surface area contributed by atoms with Crippen LogP contribution < -0.4 is 10.6 Å². The topological polar surface area (TPSA) is 41.1 Å². The molecule has 0 atom stereocenters. The third-order valence-electron chi connectivity index (χ3n) is 3.41. The molecule has 1 aliphatic heterocycles. The van der Waals surface area contributed by atoms with Gasteiger partial charge in [-0.05, 0) is 24.2 Å². The molecule has 1 aliphatic carbocycles. The van der Waals surface area contributed by atoms with Gasteiger partial charge in [-0.3, -0.25) is 4.79 Å². The summed E-state index contributed by atoms with van der Waals surface area (Å²) in [7, 11) is 0. The van der Waals surface area contributed by atoms with E-state index in [1.54, 1.807) is 0 Å². The Hall–Kier alpha value is -0.570. The summed E-state index contributed by atoms with van der Waals surface area (Å²) in [6, 6.07) is 0. The van der Waals surface area contributed by atoms with Crippen LogP contribution in [0, 0.1) is 17.3 Å². The normalized spacial score (nSPS) is 24.5. The molecule has 3 heteroatoms. The maximum atomic E-state index is 11.6. The van der Waals surface area contributed by atoms with Crippen LogP contribution in [0.2, 0.25) is 0 Å². The van der Waals surface area contributed by atoms with Crippen LogP contribution in [0.4, 0.5) is 0 Å². The Morgan fingerprint density at radius 1 is 1.50 bits per heavy atom. The lowest BCUT2D eigenvalue weighted by molar-refractivity contribution is -0.135. The SMILES string of the molecule is CC(C)CNC(=O)C1CC2(CNC2)C1. The van der Waals surface area contributed by atoms with Crippen LogP contribution in [-0.2, 0) is 4.79 Å². The van der Waals surface area contributed by atoms with Gasteiger partial charge in [-0.15, -0.1) is 0 Å². The fourth-order valence-electron chi connectivity index (χ4n) is 2.39. The number of rotatable bonds is 3. The second kappa shape index (κ2) is 3.54. The summed E-state index contributed by atoms with van der Waals surface area (Å²) in [6.07, 6.45) is 2.20. The zero-order valence-electron chi connectivity index (χ0n) is 9.10. The number of carbonyl (C=O) groups excluding carboxylic acids is 1. The van der Waals surface area contributed by atoms with Crippen molar-refractivity contribution in [3.63, 3.8) is 0 Å². The Balaban J connectivity index is 1.68. The van der Waals surface area contributed by atoms with Crippen molar-refractivity contribution in [3.8, 4) is 0 Å². The van der Waals surface area contributed by atoms with Crippen LogP contribution in [0.3, 0.4) is 0 Å². The van der Waals surface area contributed by atoms with Crippen molar-refractivity contribution < 1.29 is 4.79 Å². The first kappa shape index (κ1) is 9.97. The minimum absolute atomic E-state index is 0.274. The van der Waals surface area contributed by atoms with Crippen LogP contribution >= 0.6 is 0 Å². The second-order valence-electron chi connectivity index (χ2n) is 5.35. The molecule has 1 saturated heterocycles. The van der Waals surface area contributed by atoms with Crippen LogP contribution in [0.25, 0.3) is 0 Å². The highest BCUT2D eigenvalue weighted by Crippen LogP contribution is 2.48. The van der Waals surface area contributed by atoms with E-state index < -0.39 is 0 Å². The van der Waals surface area contributed by atoms with E-state index in [-0.39, 0.29) is 5.91 Å². The van der Waals surface area contributed by atoms with E-state index in [0.717, 1.165) is 32.5 Å². The van der Waals surface area contributed by atoms with Gasteiger partial charge in [-0.25, -0.2) is 0 Å². The van der Waals surface area contributed by atoms with E-state index in [4.69, 9.17) is 0 Å². The van der Waals surface area contributed by atoms with E-state index >= 15 is 0 Å². The predicted octanol–water partition coefficient (Wildman–Crippen LogP) is 0.758. The highest BCUT2D eigenvalue weighted by atomic mass is 16.1. The van der Waals surface area contributed by atoms with Gasteiger partial charge < -0.3 is 10.6 Å². The fourth-order valence-corrected chi connectivity index (χ4v) is 2.39. The predicted molar refractivity (Wildman–Crippen MR) is 55.9 cm³/mol. The molecule has 14 heavy (non-hydrogen) atoms. The Morgan fingerprint density at radius 2 is 2.14 bits per heavy atom. The molecule has 2 aliphatic rings. The van der Waals surface area contributed by atoms with Crippen molar-refractivity contribution >= 4 is 5.91 Å². The minimum atomic E-state index is 0.274. The third kappa shape index (κ3) is 1.78. The molecule has 1 amide bonds. The van der Waals surface area contributed by atoms with Gasteiger partial charge in [0.05, 0.1) is 0 Å². The van der Waals surface area contributed by atoms with Gasteiger partial charge in [0, 0.05) is 25.6 Å². The summed E-state index contributed by atoms with van der Waals surface area (Å²) in [5.41, 5.74) is 0.514. The van der Waals surface area contributed by atoms with E-state index in [1.807, 2.05) is 0 Å².